The Kier molecular flexibility index (Phi) is 5.40. The van der Waals surface area contributed by atoms with Gasteiger partial charge in [0.05, 0.1) is 19.8 Å². The molecule has 0 amide bonds. The number of imidazole rings is 1. The van der Waals surface area contributed by atoms with Gasteiger partial charge in [0.1, 0.15) is 28.9 Å². The summed E-state index contributed by atoms with van der Waals surface area (Å²) in [5, 5.41) is 0.887. The van der Waals surface area contributed by atoms with Crippen LogP contribution in [-0.2, 0) is 14.1 Å². The highest BCUT2D eigenvalue weighted by molar-refractivity contribution is 8.96. The predicted octanol–water partition coefficient (Wildman–Crippen LogP) is 3.74. The highest BCUT2D eigenvalue weighted by atomic mass is 32.3. The number of nitrogens with zero attached hydrogens (tertiary/aromatic N) is 3. The van der Waals surface area contributed by atoms with Crippen molar-refractivity contribution in [1.29, 1.82) is 0 Å². The van der Waals surface area contributed by atoms with Crippen LogP contribution in [0.15, 0.2) is 12.4 Å². The molecule has 3 nitrogen and oxygen atoms in total. The first-order valence-corrected chi connectivity index (χ1v) is 17.7. The second kappa shape index (κ2) is 6.25. The zero-order valence-corrected chi connectivity index (χ0v) is 21.1. The third kappa shape index (κ3) is 3.48. The zero-order chi connectivity index (χ0) is 18.7. The van der Waals surface area contributed by atoms with E-state index in [0.717, 1.165) is 0 Å². The van der Waals surface area contributed by atoms with Gasteiger partial charge in [-0.3, -0.25) is 9.13 Å². The Morgan fingerprint density at radius 1 is 1.08 bits per heavy atom. The number of hydrogen-bond acceptors (Lipinski definition) is 3. The van der Waals surface area contributed by atoms with E-state index in [0.29, 0.717) is 5.40 Å². The average molecular weight is 399 g/mol. The van der Waals surface area contributed by atoms with Crippen LogP contribution in [0.3, 0.4) is 0 Å². The van der Waals surface area contributed by atoms with Crippen molar-refractivity contribution in [2.45, 2.75) is 65.4 Å². The Bertz CT molecular complexity index is 578. The summed E-state index contributed by atoms with van der Waals surface area (Å²) in [6.07, 6.45) is 4.40. The number of hydrogen-bond donors (Lipinski definition) is 0. The van der Waals surface area contributed by atoms with Crippen LogP contribution in [0.25, 0.3) is 0 Å². The van der Waals surface area contributed by atoms with Crippen molar-refractivity contribution in [3.8, 4) is 0 Å². The van der Waals surface area contributed by atoms with E-state index < -0.39 is 21.2 Å². The third-order valence-electron chi connectivity index (χ3n) is 4.99. The fraction of sp³-hybridized carbons (Fsp3) is 0.800. The maximum absolute atomic E-state index is 2.96. The summed E-state index contributed by atoms with van der Waals surface area (Å²) in [5.74, 6) is 0. The number of rotatable bonds is 4. The highest BCUT2D eigenvalue weighted by Crippen LogP contribution is 2.62. The van der Waals surface area contributed by atoms with Crippen LogP contribution >= 0.6 is 22.9 Å². The molecule has 0 bridgehead atoms. The average Bonchev–Trinajstić information content (AvgIpc) is 2.58. The summed E-state index contributed by atoms with van der Waals surface area (Å²) in [6.45, 7) is 22.3. The molecule has 0 spiro atoms. The summed E-state index contributed by atoms with van der Waals surface area (Å²) in [6, 6.07) is 0. The van der Waals surface area contributed by atoms with E-state index in [1.54, 1.807) is 0 Å². The molecule has 24 heavy (non-hydrogen) atoms. The lowest BCUT2D eigenvalue weighted by atomic mass is 9.50. The first kappa shape index (κ1) is 20.7. The summed E-state index contributed by atoms with van der Waals surface area (Å²) in [5.41, 5.74) is 1.49. The lowest BCUT2D eigenvalue weighted by molar-refractivity contribution is -0.653. The Hall–Kier alpha value is 0.434. The molecule has 1 saturated heterocycles. The van der Waals surface area contributed by atoms with Crippen molar-refractivity contribution >= 4 is 55.2 Å². The van der Waals surface area contributed by atoms with Crippen LogP contribution in [0.4, 0.5) is 0 Å². The monoisotopic (exact) mass is 399 g/mol. The Balaban J connectivity index is 2.42. The van der Waals surface area contributed by atoms with E-state index in [1.165, 1.54) is 5.72 Å². The van der Waals surface area contributed by atoms with E-state index in [2.05, 4.69) is 123 Å². The normalized spacial score (nSPS) is 18.9. The molecule has 0 atom stereocenters. The summed E-state index contributed by atoms with van der Waals surface area (Å²) in [7, 11) is 1.73. The quantitative estimate of drug-likeness (QED) is 0.565. The molecule has 1 aliphatic rings. The van der Waals surface area contributed by atoms with E-state index in [4.69, 9.17) is 0 Å². The Labute approximate surface area is 160 Å². The Morgan fingerprint density at radius 2 is 1.54 bits per heavy atom. The Morgan fingerprint density at radius 3 is 1.83 bits per heavy atom. The molecule has 9 heteroatoms. The molecule has 2 rings (SSSR count). The van der Waals surface area contributed by atoms with Crippen molar-refractivity contribution in [1.82, 2.24) is 8.71 Å². The topological polar surface area (TPSA) is 12.0 Å². The van der Waals surface area contributed by atoms with Crippen molar-refractivity contribution in [3.05, 3.63) is 12.4 Å². The SMILES string of the molecule is Cn1cc[n+](C)c1[B-]1(C(C)(C)C)SB(N([Si](C)(C)C)[Si](C)(C)C)S1. The molecular weight excluding hydrogens is 364 g/mol. The van der Waals surface area contributed by atoms with Gasteiger partial charge in [-0.25, -0.2) is 0 Å². The summed E-state index contributed by atoms with van der Waals surface area (Å²) < 4.78 is 6.95. The molecule has 0 N–H and O–H groups in total. The smallest absolute Gasteiger partial charge is 0.267 e. The van der Waals surface area contributed by atoms with Gasteiger partial charge in [0.2, 0.25) is 4.70 Å². The fourth-order valence-corrected chi connectivity index (χ4v) is 21.9. The van der Waals surface area contributed by atoms with Gasteiger partial charge in [0.15, 0.2) is 0 Å². The molecule has 0 radical (unpaired) electrons. The van der Waals surface area contributed by atoms with Gasteiger partial charge >= 0.3 is 0 Å². The van der Waals surface area contributed by atoms with Crippen molar-refractivity contribution in [2.24, 2.45) is 14.1 Å². The first-order valence-electron chi connectivity index (χ1n) is 8.92. The van der Waals surface area contributed by atoms with Crippen LogP contribution < -0.4 is 10.3 Å². The molecule has 0 aliphatic carbocycles. The lowest BCUT2D eigenvalue weighted by Gasteiger charge is -2.64. The molecule has 1 fully saturated rings. The van der Waals surface area contributed by atoms with Crippen LogP contribution in [0.1, 0.15) is 20.8 Å². The lowest BCUT2D eigenvalue weighted by Crippen LogP contribution is -2.75. The second-order valence-electron chi connectivity index (χ2n) is 10.2. The maximum Gasteiger partial charge on any atom is 0.267 e. The van der Waals surface area contributed by atoms with E-state index >= 15 is 0 Å². The molecule has 0 saturated carbocycles. The molecule has 2 heterocycles. The van der Waals surface area contributed by atoms with Crippen LogP contribution in [0, 0.1) is 0 Å². The summed E-state index contributed by atoms with van der Waals surface area (Å²) >= 11 is 4.51. The molecule has 1 aromatic heterocycles. The maximum atomic E-state index is 2.96. The van der Waals surface area contributed by atoms with Crippen LogP contribution in [-0.4, -0.2) is 35.3 Å². The number of aryl methyl sites for hydroxylation is 2. The van der Waals surface area contributed by atoms with Gasteiger partial charge in [-0.05, 0) is 0 Å². The predicted molar refractivity (Wildman–Crippen MR) is 121 cm³/mol. The van der Waals surface area contributed by atoms with Gasteiger partial charge in [0.25, 0.3) is 5.40 Å². The van der Waals surface area contributed by atoms with E-state index in [-0.39, 0.29) is 5.31 Å². The van der Waals surface area contributed by atoms with Gasteiger partial charge in [-0.2, -0.15) is 0 Å². The minimum absolute atomic E-state index is 0.264. The standard InChI is InChI=1S/C15H35B2N3S2Si2/c1-15(2,3)17(14-18(4)12-13-19(14)5)21-16(22-17)20(23(6,7)8)24(9,10)11/h12-13H,1-11H3. The molecule has 1 aliphatic heterocycles. The molecule has 1 aromatic rings. The first-order chi connectivity index (χ1) is 10.6. The van der Waals surface area contributed by atoms with Crippen molar-refractivity contribution in [3.63, 3.8) is 0 Å². The minimum atomic E-state index is -1.34. The van der Waals surface area contributed by atoms with Gasteiger partial charge in [-0.1, -0.05) is 60.1 Å². The number of aromatic nitrogens is 2. The van der Waals surface area contributed by atoms with E-state index in [9.17, 15) is 0 Å². The second-order valence-corrected chi connectivity index (χ2v) is 23.8. The fourth-order valence-electron chi connectivity index (χ4n) is 4.15. The third-order valence-corrected chi connectivity index (χ3v) is 18.0. The molecular formula is C15H35B2N3S2Si2. The van der Waals surface area contributed by atoms with Crippen molar-refractivity contribution < 1.29 is 4.57 Å². The minimum Gasteiger partial charge on any atom is -0.373 e. The highest BCUT2D eigenvalue weighted by Gasteiger charge is 2.58. The molecule has 136 valence electrons. The zero-order valence-electron chi connectivity index (χ0n) is 17.5. The van der Waals surface area contributed by atoms with Gasteiger partial charge in [-0.15, -0.1) is 5.31 Å². The molecule has 0 unspecified atom stereocenters. The summed E-state index contributed by atoms with van der Waals surface area (Å²) in [4.78, 5) is 0. The van der Waals surface area contributed by atoms with Crippen LogP contribution in [0.2, 0.25) is 44.6 Å². The van der Waals surface area contributed by atoms with Crippen LogP contribution in [0.5, 0.6) is 0 Å². The van der Waals surface area contributed by atoms with Crippen molar-refractivity contribution in [2.75, 3.05) is 0 Å². The largest absolute Gasteiger partial charge is 0.373 e. The molecule has 0 aromatic carbocycles. The van der Waals surface area contributed by atoms with Gasteiger partial charge in [0, 0.05) is 0 Å². The van der Waals surface area contributed by atoms with Gasteiger partial charge < -0.3 is 27.1 Å². The van der Waals surface area contributed by atoms with E-state index in [1.807, 2.05) is 0 Å².